The van der Waals surface area contributed by atoms with Gasteiger partial charge < -0.3 is 15.6 Å². The molecule has 34 heavy (non-hydrogen) atoms. The minimum atomic E-state index is -0.263. The van der Waals surface area contributed by atoms with Gasteiger partial charge in [-0.25, -0.2) is 4.98 Å². The quantitative estimate of drug-likeness (QED) is 0.469. The summed E-state index contributed by atoms with van der Waals surface area (Å²) in [4.78, 5) is 22.2. The number of nitrogens with one attached hydrogen (secondary N) is 1. The van der Waals surface area contributed by atoms with Crippen molar-refractivity contribution in [3.63, 3.8) is 0 Å². The molecule has 8 heteroatoms. The zero-order valence-electron chi connectivity index (χ0n) is 18.9. The lowest BCUT2D eigenvalue weighted by Crippen LogP contribution is -2.26. The van der Waals surface area contributed by atoms with Crippen LogP contribution in [-0.2, 0) is 0 Å². The lowest BCUT2D eigenvalue weighted by Gasteiger charge is -2.17. The summed E-state index contributed by atoms with van der Waals surface area (Å²) in [5.74, 6) is 0.434. The zero-order valence-corrected chi connectivity index (χ0v) is 18.9. The first-order valence-corrected chi connectivity index (χ1v) is 12.1. The van der Waals surface area contributed by atoms with E-state index in [4.69, 9.17) is 10.7 Å². The molecule has 0 saturated heterocycles. The van der Waals surface area contributed by atoms with Gasteiger partial charge in [0.1, 0.15) is 17.3 Å². The Morgan fingerprint density at radius 2 is 1.91 bits per heavy atom. The first-order chi connectivity index (χ1) is 16.6. The summed E-state index contributed by atoms with van der Waals surface area (Å²) in [6.45, 7) is 0. The predicted molar refractivity (Wildman–Crippen MR) is 132 cm³/mol. The van der Waals surface area contributed by atoms with Crippen molar-refractivity contribution >= 4 is 33.6 Å². The number of hydrogen-bond acceptors (Lipinski definition) is 6. The summed E-state index contributed by atoms with van der Waals surface area (Å²) in [5.41, 5.74) is 8.67. The number of aromatic nitrogens is 4. The number of nitrogens with two attached hydrogens (primary N) is 1. The molecule has 2 saturated carbocycles. The first-order valence-electron chi connectivity index (χ1n) is 12.1. The highest BCUT2D eigenvalue weighted by Gasteiger charge is 2.24. The second kappa shape index (κ2) is 8.26. The van der Waals surface area contributed by atoms with Crippen LogP contribution in [0.5, 0.6) is 0 Å². The normalized spacial score (nSPS) is 20.8. The van der Waals surface area contributed by atoms with Gasteiger partial charge in [-0.15, -0.1) is 0 Å². The van der Waals surface area contributed by atoms with Crippen LogP contribution >= 0.6 is 0 Å². The molecule has 0 aliphatic heterocycles. The Labute approximate surface area is 197 Å². The van der Waals surface area contributed by atoms with Crippen LogP contribution in [0.4, 0.5) is 11.6 Å². The molecule has 3 heterocycles. The van der Waals surface area contributed by atoms with Crippen LogP contribution in [0.15, 0.2) is 47.5 Å². The van der Waals surface area contributed by atoms with E-state index in [0.717, 1.165) is 56.0 Å². The fourth-order valence-electron chi connectivity index (χ4n) is 5.70. The molecule has 2 aliphatic carbocycles. The Morgan fingerprint density at radius 1 is 1.06 bits per heavy atom. The number of benzene rings is 1. The minimum Gasteiger partial charge on any atom is -0.344 e. The van der Waals surface area contributed by atoms with Crippen molar-refractivity contribution in [1.82, 2.24) is 19.1 Å². The van der Waals surface area contributed by atoms with Crippen LogP contribution in [0.25, 0.3) is 21.9 Å². The number of nitrogens with zero attached hydrogens (tertiary/aromatic N) is 5. The molecular weight excluding hydrogens is 426 g/mol. The summed E-state index contributed by atoms with van der Waals surface area (Å²) in [6.07, 6.45) is 11.1. The largest absolute Gasteiger partial charge is 0.344 e. The second-order valence-electron chi connectivity index (χ2n) is 9.60. The molecule has 0 radical (unpaired) electrons. The Bertz CT molecular complexity index is 1490. The van der Waals surface area contributed by atoms with E-state index in [0.29, 0.717) is 29.1 Å². The predicted octanol–water partition coefficient (Wildman–Crippen LogP) is 4.53. The highest BCUT2D eigenvalue weighted by atomic mass is 16.1. The van der Waals surface area contributed by atoms with Gasteiger partial charge >= 0.3 is 0 Å². The molecule has 6 rings (SSSR count). The van der Waals surface area contributed by atoms with Crippen molar-refractivity contribution in [3.8, 4) is 6.07 Å². The van der Waals surface area contributed by atoms with Crippen molar-refractivity contribution < 1.29 is 0 Å². The third-order valence-corrected chi connectivity index (χ3v) is 7.40. The number of nitriles is 1. The molecule has 4 aromatic rings. The monoisotopic (exact) mass is 453 g/mol. The number of fused-ring (bicyclic) bond motifs is 2. The molecule has 2 aliphatic rings. The van der Waals surface area contributed by atoms with Crippen LogP contribution < -0.4 is 16.6 Å². The summed E-state index contributed by atoms with van der Waals surface area (Å²) >= 11 is 0. The van der Waals surface area contributed by atoms with Crippen molar-refractivity contribution in [1.29, 1.82) is 5.26 Å². The van der Waals surface area contributed by atoms with E-state index in [-0.39, 0.29) is 17.2 Å². The van der Waals surface area contributed by atoms with Gasteiger partial charge in [-0.1, -0.05) is 12.8 Å². The first kappa shape index (κ1) is 20.9. The van der Waals surface area contributed by atoms with Gasteiger partial charge in [0, 0.05) is 52.5 Å². The molecular formula is C26H27N7O. The van der Waals surface area contributed by atoms with Crippen LogP contribution in [0.1, 0.15) is 62.6 Å². The average molecular weight is 454 g/mol. The third-order valence-electron chi connectivity index (χ3n) is 7.40. The van der Waals surface area contributed by atoms with Gasteiger partial charge in [0.2, 0.25) is 5.95 Å². The number of hydrogen-bond donors (Lipinski definition) is 2. The Hall–Kier alpha value is -3.70. The maximum atomic E-state index is 13.0. The van der Waals surface area contributed by atoms with Crippen LogP contribution in [0, 0.1) is 11.3 Å². The molecule has 2 unspecified atom stereocenters. The Morgan fingerprint density at radius 3 is 2.68 bits per heavy atom. The topological polar surface area (TPSA) is 115 Å². The van der Waals surface area contributed by atoms with E-state index in [1.807, 2.05) is 12.1 Å². The lowest BCUT2D eigenvalue weighted by molar-refractivity contribution is 0.515. The van der Waals surface area contributed by atoms with Gasteiger partial charge in [0.25, 0.3) is 5.56 Å². The maximum absolute atomic E-state index is 13.0. The van der Waals surface area contributed by atoms with Crippen LogP contribution in [-0.4, -0.2) is 25.1 Å². The standard InChI is InChI=1S/C26H27N7O/c27-14-17-11-18-15-29-26(31-24(18)33(25(17)34)21-3-1-2-4-21)30-20-6-8-23-16(12-20)9-10-32(23)22-7-5-19(28)13-22/h6,8-12,15,19,21-22H,1-5,7,13,28H2,(H,29,30,31). The SMILES string of the molecule is N#Cc1cc2cnc(Nc3ccc4c(ccn4C4CCC(N)C4)c3)nc2n(C2CCCC2)c1=O. The highest BCUT2D eigenvalue weighted by Crippen LogP contribution is 2.34. The van der Waals surface area contributed by atoms with E-state index in [1.165, 1.54) is 5.52 Å². The Kier molecular flexibility index (Phi) is 5.07. The lowest BCUT2D eigenvalue weighted by atomic mass is 10.2. The smallest absolute Gasteiger partial charge is 0.270 e. The summed E-state index contributed by atoms with van der Waals surface area (Å²) in [6, 6.07) is 12.8. The van der Waals surface area contributed by atoms with Crippen LogP contribution in [0.2, 0.25) is 0 Å². The van der Waals surface area contributed by atoms with Crippen molar-refractivity contribution in [3.05, 3.63) is 58.6 Å². The van der Waals surface area contributed by atoms with Gasteiger partial charge in [0.15, 0.2) is 0 Å². The molecule has 3 N–H and O–H groups in total. The van der Waals surface area contributed by atoms with E-state index >= 15 is 0 Å². The van der Waals surface area contributed by atoms with E-state index in [9.17, 15) is 10.1 Å². The Balaban J connectivity index is 1.35. The fourth-order valence-corrected chi connectivity index (χ4v) is 5.70. The van der Waals surface area contributed by atoms with Crippen molar-refractivity contribution in [2.24, 2.45) is 5.73 Å². The number of rotatable bonds is 4. The number of anilines is 2. The highest BCUT2D eigenvalue weighted by molar-refractivity contribution is 5.85. The molecule has 2 fully saturated rings. The molecule has 2 atom stereocenters. The molecule has 1 aromatic carbocycles. The van der Waals surface area contributed by atoms with Gasteiger partial charge in [-0.3, -0.25) is 9.36 Å². The molecule has 0 amide bonds. The van der Waals surface area contributed by atoms with Crippen molar-refractivity contribution in [2.45, 2.75) is 63.1 Å². The molecule has 172 valence electrons. The van der Waals surface area contributed by atoms with Crippen LogP contribution in [0.3, 0.4) is 0 Å². The molecule has 8 nitrogen and oxygen atoms in total. The fraction of sp³-hybridized carbons (Fsp3) is 0.385. The van der Waals surface area contributed by atoms with E-state index < -0.39 is 0 Å². The summed E-state index contributed by atoms with van der Waals surface area (Å²) in [7, 11) is 0. The average Bonchev–Trinajstić information content (AvgIpc) is 3.59. The molecule has 0 bridgehead atoms. The second-order valence-corrected chi connectivity index (χ2v) is 9.60. The zero-order chi connectivity index (χ0) is 23.2. The summed E-state index contributed by atoms with van der Waals surface area (Å²) < 4.78 is 4.05. The minimum absolute atomic E-state index is 0.0749. The van der Waals surface area contributed by atoms with Crippen molar-refractivity contribution in [2.75, 3.05) is 5.32 Å². The molecule has 0 spiro atoms. The maximum Gasteiger partial charge on any atom is 0.270 e. The van der Waals surface area contributed by atoms with E-state index in [1.54, 1.807) is 16.8 Å². The summed E-state index contributed by atoms with van der Waals surface area (Å²) in [5, 5.41) is 14.6. The van der Waals surface area contributed by atoms with E-state index in [2.05, 4.69) is 39.3 Å². The van der Waals surface area contributed by atoms with Gasteiger partial charge in [-0.2, -0.15) is 10.2 Å². The molecule has 3 aromatic heterocycles. The third kappa shape index (κ3) is 3.53. The van der Waals surface area contributed by atoms with Gasteiger partial charge in [-0.05, 0) is 62.4 Å². The number of pyridine rings is 1. The van der Waals surface area contributed by atoms with Gasteiger partial charge in [0.05, 0.1) is 0 Å².